The molecule has 2 aromatic carbocycles. The van der Waals surface area contributed by atoms with Crippen LogP contribution in [-0.4, -0.2) is 19.2 Å². The van der Waals surface area contributed by atoms with Crippen molar-refractivity contribution in [3.8, 4) is 11.5 Å². The summed E-state index contributed by atoms with van der Waals surface area (Å²) in [6.07, 6.45) is 1.95. The molecule has 0 radical (unpaired) electrons. The first-order valence-corrected chi connectivity index (χ1v) is 6.81. The van der Waals surface area contributed by atoms with Gasteiger partial charge in [-0.1, -0.05) is 6.07 Å². The predicted molar refractivity (Wildman–Crippen MR) is 85.2 cm³/mol. The Morgan fingerprint density at radius 2 is 1.71 bits per heavy atom. The standard InChI is InChI=1S/C17H18N2O2/c1-20-15-8-14(9-16(10-15)21-2)19-11-12-3-4-17-13(7-12)5-6-18-17/h3-10,18-19H,11H2,1-2H3. The van der Waals surface area contributed by atoms with Crippen molar-refractivity contribution in [1.82, 2.24) is 4.98 Å². The Balaban J connectivity index is 1.77. The SMILES string of the molecule is COc1cc(NCc2ccc3[nH]ccc3c2)cc(OC)c1. The summed E-state index contributed by atoms with van der Waals surface area (Å²) >= 11 is 0. The lowest BCUT2D eigenvalue weighted by atomic mass is 10.1. The summed E-state index contributed by atoms with van der Waals surface area (Å²) in [6.45, 7) is 0.747. The topological polar surface area (TPSA) is 46.3 Å². The summed E-state index contributed by atoms with van der Waals surface area (Å²) in [6, 6.07) is 14.2. The van der Waals surface area contributed by atoms with Crippen molar-refractivity contribution in [3.63, 3.8) is 0 Å². The number of methoxy groups -OCH3 is 2. The van der Waals surface area contributed by atoms with Crippen LogP contribution in [0.1, 0.15) is 5.56 Å². The van der Waals surface area contributed by atoms with Gasteiger partial charge in [-0.15, -0.1) is 0 Å². The van der Waals surface area contributed by atoms with Crippen molar-refractivity contribution in [2.75, 3.05) is 19.5 Å². The van der Waals surface area contributed by atoms with E-state index >= 15 is 0 Å². The Morgan fingerprint density at radius 1 is 0.952 bits per heavy atom. The minimum atomic E-state index is 0.747. The number of H-pyrrole nitrogens is 1. The fraction of sp³-hybridized carbons (Fsp3) is 0.176. The molecule has 0 aliphatic heterocycles. The lowest BCUT2D eigenvalue weighted by Gasteiger charge is -2.11. The minimum Gasteiger partial charge on any atom is -0.497 e. The summed E-state index contributed by atoms with van der Waals surface area (Å²) in [5.74, 6) is 1.55. The molecule has 0 saturated heterocycles. The number of fused-ring (bicyclic) bond motifs is 1. The molecule has 1 aromatic heterocycles. The molecule has 3 rings (SSSR count). The zero-order valence-corrected chi connectivity index (χ0v) is 12.1. The zero-order valence-electron chi connectivity index (χ0n) is 12.1. The molecule has 0 unspecified atom stereocenters. The molecule has 4 heteroatoms. The predicted octanol–water partition coefficient (Wildman–Crippen LogP) is 3.80. The normalized spacial score (nSPS) is 10.6. The van der Waals surface area contributed by atoms with Gasteiger partial charge in [-0.25, -0.2) is 0 Å². The van der Waals surface area contributed by atoms with Gasteiger partial charge in [-0.3, -0.25) is 0 Å². The van der Waals surface area contributed by atoms with Crippen molar-refractivity contribution in [1.29, 1.82) is 0 Å². The largest absolute Gasteiger partial charge is 0.497 e. The number of aromatic nitrogens is 1. The van der Waals surface area contributed by atoms with Crippen molar-refractivity contribution in [2.45, 2.75) is 6.54 Å². The monoisotopic (exact) mass is 282 g/mol. The van der Waals surface area contributed by atoms with E-state index in [-0.39, 0.29) is 0 Å². The number of hydrogen-bond donors (Lipinski definition) is 2. The average molecular weight is 282 g/mol. The highest BCUT2D eigenvalue weighted by molar-refractivity contribution is 5.80. The quantitative estimate of drug-likeness (QED) is 0.748. The van der Waals surface area contributed by atoms with Crippen LogP contribution in [0.2, 0.25) is 0 Å². The van der Waals surface area contributed by atoms with E-state index in [1.54, 1.807) is 14.2 Å². The summed E-state index contributed by atoms with van der Waals surface area (Å²) < 4.78 is 10.5. The van der Waals surface area contributed by atoms with Crippen molar-refractivity contribution in [3.05, 3.63) is 54.2 Å². The van der Waals surface area contributed by atoms with Gasteiger partial charge in [0.25, 0.3) is 0 Å². The van der Waals surface area contributed by atoms with Gasteiger partial charge in [-0.05, 0) is 29.1 Å². The Morgan fingerprint density at radius 3 is 2.43 bits per heavy atom. The molecule has 0 saturated carbocycles. The fourth-order valence-electron chi connectivity index (χ4n) is 2.33. The molecular weight excluding hydrogens is 264 g/mol. The van der Waals surface area contributed by atoms with Crippen LogP contribution < -0.4 is 14.8 Å². The lowest BCUT2D eigenvalue weighted by Crippen LogP contribution is -2.00. The van der Waals surface area contributed by atoms with Gasteiger partial charge in [0.15, 0.2) is 0 Å². The molecule has 0 aliphatic carbocycles. The second kappa shape index (κ2) is 5.79. The van der Waals surface area contributed by atoms with Gasteiger partial charge in [-0.2, -0.15) is 0 Å². The zero-order chi connectivity index (χ0) is 14.7. The van der Waals surface area contributed by atoms with Crippen LogP contribution in [-0.2, 0) is 6.54 Å². The molecule has 108 valence electrons. The van der Waals surface area contributed by atoms with E-state index in [1.165, 1.54) is 10.9 Å². The smallest absolute Gasteiger partial charge is 0.124 e. The van der Waals surface area contributed by atoms with Gasteiger partial charge in [0, 0.05) is 42.1 Å². The molecule has 3 aromatic rings. The highest BCUT2D eigenvalue weighted by Crippen LogP contribution is 2.26. The number of aromatic amines is 1. The molecule has 0 amide bonds. The van der Waals surface area contributed by atoms with Crippen molar-refractivity contribution in [2.24, 2.45) is 0 Å². The fourth-order valence-corrected chi connectivity index (χ4v) is 2.33. The van der Waals surface area contributed by atoms with Gasteiger partial charge in [0.05, 0.1) is 14.2 Å². The highest BCUT2D eigenvalue weighted by Gasteiger charge is 2.02. The molecule has 0 bridgehead atoms. The van der Waals surface area contributed by atoms with Crippen LogP contribution >= 0.6 is 0 Å². The van der Waals surface area contributed by atoms with Crippen LogP contribution in [0.3, 0.4) is 0 Å². The second-order valence-electron chi connectivity index (χ2n) is 4.85. The molecule has 0 fully saturated rings. The Kier molecular flexibility index (Phi) is 3.69. The number of ether oxygens (including phenoxy) is 2. The van der Waals surface area contributed by atoms with E-state index < -0.39 is 0 Å². The summed E-state index contributed by atoms with van der Waals surface area (Å²) in [5, 5.41) is 4.62. The molecule has 0 spiro atoms. The van der Waals surface area contributed by atoms with E-state index in [4.69, 9.17) is 9.47 Å². The first kappa shape index (κ1) is 13.4. The van der Waals surface area contributed by atoms with E-state index in [9.17, 15) is 0 Å². The Labute approximate surface area is 123 Å². The van der Waals surface area contributed by atoms with Gasteiger partial charge < -0.3 is 19.8 Å². The number of nitrogens with one attached hydrogen (secondary N) is 2. The Bertz CT molecular complexity index is 727. The van der Waals surface area contributed by atoms with Gasteiger partial charge in [0.2, 0.25) is 0 Å². The van der Waals surface area contributed by atoms with Crippen LogP contribution in [0.5, 0.6) is 11.5 Å². The van der Waals surface area contributed by atoms with Crippen molar-refractivity contribution >= 4 is 16.6 Å². The van der Waals surface area contributed by atoms with Gasteiger partial charge in [0.1, 0.15) is 11.5 Å². The molecule has 4 nitrogen and oxygen atoms in total. The third-order valence-electron chi connectivity index (χ3n) is 3.47. The first-order valence-electron chi connectivity index (χ1n) is 6.81. The molecule has 2 N–H and O–H groups in total. The maximum Gasteiger partial charge on any atom is 0.124 e. The summed E-state index contributed by atoms with van der Waals surface area (Å²) in [5.41, 5.74) is 3.35. The maximum atomic E-state index is 5.27. The molecule has 0 atom stereocenters. The molecular formula is C17H18N2O2. The van der Waals surface area contributed by atoms with E-state index in [1.807, 2.05) is 24.4 Å². The van der Waals surface area contributed by atoms with E-state index in [0.29, 0.717) is 0 Å². The number of hydrogen-bond acceptors (Lipinski definition) is 3. The third-order valence-corrected chi connectivity index (χ3v) is 3.47. The number of benzene rings is 2. The minimum absolute atomic E-state index is 0.747. The molecule has 21 heavy (non-hydrogen) atoms. The van der Waals surface area contributed by atoms with E-state index in [0.717, 1.165) is 29.2 Å². The lowest BCUT2D eigenvalue weighted by molar-refractivity contribution is 0.394. The third kappa shape index (κ3) is 2.94. The first-order chi connectivity index (χ1) is 10.3. The van der Waals surface area contributed by atoms with Crippen molar-refractivity contribution < 1.29 is 9.47 Å². The van der Waals surface area contributed by atoms with Crippen LogP contribution in [0.4, 0.5) is 5.69 Å². The number of rotatable bonds is 5. The molecule has 0 aliphatic rings. The highest BCUT2D eigenvalue weighted by atomic mass is 16.5. The van der Waals surface area contributed by atoms with Gasteiger partial charge >= 0.3 is 0 Å². The van der Waals surface area contributed by atoms with Crippen LogP contribution in [0.25, 0.3) is 10.9 Å². The van der Waals surface area contributed by atoms with E-state index in [2.05, 4.69) is 34.6 Å². The Hall–Kier alpha value is -2.62. The summed E-state index contributed by atoms with van der Waals surface area (Å²) in [7, 11) is 3.30. The molecule has 1 heterocycles. The van der Waals surface area contributed by atoms with Crippen LogP contribution in [0.15, 0.2) is 48.7 Å². The average Bonchev–Trinajstić information content (AvgIpc) is 3.00. The second-order valence-corrected chi connectivity index (χ2v) is 4.85. The maximum absolute atomic E-state index is 5.27. The van der Waals surface area contributed by atoms with Crippen LogP contribution in [0, 0.1) is 0 Å². The number of anilines is 1. The summed E-state index contributed by atoms with van der Waals surface area (Å²) in [4.78, 5) is 3.20.